The normalized spacial score (nSPS) is 17.8. The van der Waals surface area contributed by atoms with Crippen molar-refractivity contribution in [2.24, 2.45) is 0 Å². The summed E-state index contributed by atoms with van der Waals surface area (Å²) < 4.78 is 14.5. The van der Waals surface area contributed by atoms with E-state index in [0.29, 0.717) is 22.7 Å². The molecule has 0 radical (unpaired) electrons. The second-order valence-electron chi connectivity index (χ2n) is 7.18. The summed E-state index contributed by atoms with van der Waals surface area (Å²) in [4.78, 5) is 38.5. The quantitative estimate of drug-likeness (QED) is 0.558. The molecule has 1 heterocycles. The number of alkyl halides is 1. The molecule has 0 bridgehead atoms. The van der Waals surface area contributed by atoms with Gasteiger partial charge in [0, 0.05) is 25.7 Å². The van der Waals surface area contributed by atoms with Crippen LogP contribution in [0.4, 0.5) is 4.39 Å². The highest BCUT2D eigenvalue weighted by molar-refractivity contribution is 5.93. The number of H-pyrrole nitrogens is 1. The number of halogens is 1. The molecule has 0 unspecified atom stereocenters. The van der Waals surface area contributed by atoms with Gasteiger partial charge in [-0.15, -0.1) is 0 Å². The fourth-order valence-electron chi connectivity index (χ4n) is 3.38. The SMILES string of the molecule is CNC1=c2[nH]c(=O)c(C(=O)NCCc3cccc(C(=O)O)c3)cc2=C[C@@](C)(F)C1. The van der Waals surface area contributed by atoms with Gasteiger partial charge in [0.05, 0.1) is 10.9 Å². The molecule has 1 aliphatic carbocycles. The highest BCUT2D eigenvalue weighted by Crippen LogP contribution is 2.22. The molecule has 8 heteroatoms. The summed E-state index contributed by atoms with van der Waals surface area (Å²) in [6, 6.07) is 7.81. The first-order valence-corrected chi connectivity index (χ1v) is 9.17. The number of pyridine rings is 1. The molecule has 3 rings (SSSR count). The van der Waals surface area contributed by atoms with E-state index < -0.39 is 23.1 Å². The Balaban J connectivity index is 1.80. The Morgan fingerprint density at radius 3 is 2.76 bits per heavy atom. The van der Waals surface area contributed by atoms with Crippen LogP contribution in [-0.2, 0) is 6.42 Å². The molecule has 0 saturated carbocycles. The minimum atomic E-state index is -1.59. The summed E-state index contributed by atoms with van der Waals surface area (Å²) in [5.41, 5.74) is -0.771. The van der Waals surface area contributed by atoms with Crippen molar-refractivity contribution in [3.8, 4) is 0 Å². The number of nitrogens with one attached hydrogen (secondary N) is 3. The van der Waals surface area contributed by atoms with Gasteiger partial charge in [-0.25, -0.2) is 9.18 Å². The van der Waals surface area contributed by atoms with Crippen molar-refractivity contribution in [1.29, 1.82) is 0 Å². The maximum absolute atomic E-state index is 14.5. The number of carboxylic acids is 1. The molecule has 152 valence electrons. The Labute approximate surface area is 166 Å². The van der Waals surface area contributed by atoms with Gasteiger partial charge in [0.1, 0.15) is 11.2 Å². The Hall–Kier alpha value is -3.42. The van der Waals surface area contributed by atoms with E-state index in [1.54, 1.807) is 19.2 Å². The predicted octanol–water partition coefficient (Wildman–Crippen LogP) is 0.286. The topological polar surface area (TPSA) is 111 Å². The van der Waals surface area contributed by atoms with E-state index in [1.165, 1.54) is 31.2 Å². The molecule has 1 aromatic carbocycles. The number of carboxylic acid groups (broad SMARTS) is 1. The van der Waals surface area contributed by atoms with Gasteiger partial charge in [-0.05, 0) is 48.4 Å². The first-order chi connectivity index (χ1) is 13.7. The Morgan fingerprint density at radius 2 is 2.07 bits per heavy atom. The number of carbonyl (C=O) groups excluding carboxylic acids is 1. The number of hydrogen-bond acceptors (Lipinski definition) is 4. The van der Waals surface area contributed by atoms with Crippen LogP contribution in [0.25, 0.3) is 11.8 Å². The molecule has 2 aromatic rings. The monoisotopic (exact) mass is 399 g/mol. The molecular formula is C21H22FN3O4. The molecule has 29 heavy (non-hydrogen) atoms. The van der Waals surface area contributed by atoms with Gasteiger partial charge in [0.15, 0.2) is 0 Å². The molecule has 0 saturated heterocycles. The van der Waals surface area contributed by atoms with Crippen molar-refractivity contribution in [2.75, 3.05) is 13.6 Å². The largest absolute Gasteiger partial charge is 0.478 e. The lowest BCUT2D eigenvalue weighted by Crippen LogP contribution is -2.47. The van der Waals surface area contributed by atoms with Gasteiger partial charge in [-0.3, -0.25) is 9.59 Å². The van der Waals surface area contributed by atoms with E-state index in [9.17, 15) is 18.8 Å². The number of aromatic carboxylic acids is 1. The third-order valence-corrected chi connectivity index (χ3v) is 4.77. The van der Waals surface area contributed by atoms with Gasteiger partial charge in [-0.1, -0.05) is 12.1 Å². The lowest BCUT2D eigenvalue weighted by atomic mass is 9.95. The lowest BCUT2D eigenvalue weighted by Gasteiger charge is -2.22. The molecule has 0 aliphatic heterocycles. The minimum Gasteiger partial charge on any atom is -0.478 e. The average molecular weight is 399 g/mol. The summed E-state index contributed by atoms with van der Waals surface area (Å²) in [6.45, 7) is 1.65. The second-order valence-corrected chi connectivity index (χ2v) is 7.18. The molecular weight excluding hydrogens is 377 g/mol. The summed E-state index contributed by atoms with van der Waals surface area (Å²) in [6.07, 6.45) is 1.91. The van der Waals surface area contributed by atoms with Crippen LogP contribution in [0.2, 0.25) is 0 Å². The summed E-state index contributed by atoms with van der Waals surface area (Å²) in [5, 5.41) is 15.5. The van der Waals surface area contributed by atoms with E-state index >= 15 is 0 Å². The molecule has 1 amide bonds. The van der Waals surface area contributed by atoms with E-state index in [1.807, 2.05) is 0 Å². The molecule has 1 aromatic heterocycles. The fraction of sp³-hybridized carbons (Fsp3) is 0.286. The minimum absolute atomic E-state index is 0.104. The van der Waals surface area contributed by atoms with Crippen LogP contribution in [0.1, 0.15) is 39.6 Å². The lowest BCUT2D eigenvalue weighted by molar-refractivity contribution is 0.0696. The van der Waals surface area contributed by atoms with Crippen LogP contribution < -0.4 is 26.8 Å². The number of rotatable bonds is 6. The third kappa shape index (κ3) is 4.53. The standard InChI is InChI=1S/C21H22FN3O4/c1-21(22)10-14-9-15(19(27)25-17(14)16(11-21)23-2)18(26)24-7-6-12-4-3-5-13(8-12)20(28)29/h3-5,8-10,23H,6-7,11H2,1-2H3,(H,24,26)(H,25,27)(H,28,29)/t21-/m1/s1. The van der Waals surface area contributed by atoms with Crippen LogP contribution in [-0.4, -0.2) is 41.2 Å². The maximum Gasteiger partial charge on any atom is 0.335 e. The van der Waals surface area contributed by atoms with Crippen LogP contribution in [0, 0.1) is 0 Å². The van der Waals surface area contributed by atoms with Crippen molar-refractivity contribution < 1.29 is 19.1 Å². The van der Waals surface area contributed by atoms with E-state index in [0.717, 1.165) is 5.56 Å². The molecule has 7 nitrogen and oxygen atoms in total. The summed E-state index contributed by atoms with van der Waals surface area (Å²) >= 11 is 0. The van der Waals surface area contributed by atoms with Crippen LogP contribution in [0.3, 0.4) is 0 Å². The second kappa shape index (κ2) is 7.90. The fourth-order valence-corrected chi connectivity index (χ4v) is 3.38. The Bertz CT molecular complexity index is 1150. The number of benzene rings is 1. The van der Waals surface area contributed by atoms with Crippen LogP contribution in [0.5, 0.6) is 0 Å². The van der Waals surface area contributed by atoms with Gasteiger partial charge in [0.2, 0.25) is 0 Å². The first-order valence-electron chi connectivity index (χ1n) is 9.17. The Morgan fingerprint density at radius 1 is 1.31 bits per heavy atom. The Kier molecular flexibility index (Phi) is 5.54. The predicted molar refractivity (Wildman–Crippen MR) is 107 cm³/mol. The number of aromatic nitrogens is 1. The first kappa shape index (κ1) is 20.3. The van der Waals surface area contributed by atoms with Crippen LogP contribution >= 0.6 is 0 Å². The van der Waals surface area contributed by atoms with Crippen molar-refractivity contribution in [3.63, 3.8) is 0 Å². The summed E-state index contributed by atoms with van der Waals surface area (Å²) in [5.74, 6) is -1.60. The van der Waals surface area contributed by atoms with Crippen molar-refractivity contribution in [2.45, 2.75) is 25.4 Å². The molecule has 0 spiro atoms. The smallest absolute Gasteiger partial charge is 0.335 e. The number of aromatic amines is 1. The zero-order valence-electron chi connectivity index (χ0n) is 16.1. The average Bonchev–Trinajstić information content (AvgIpc) is 2.67. The van der Waals surface area contributed by atoms with Crippen LogP contribution in [0.15, 0.2) is 35.1 Å². The van der Waals surface area contributed by atoms with E-state index in [4.69, 9.17) is 5.11 Å². The molecule has 1 atom stereocenters. The highest BCUT2D eigenvalue weighted by atomic mass is 19.1. The summed E-state index contributed by atoms with van der Waals surface area (Å²) in [7, 11) is 1.65. The van der Waals surface area contributed by atoms with Crippen molar-refractivity contribution in [3.05, 3.63) is 67.9 Å². The zero-order valence-corrected chi connectivity index (χ0v) is 16.1. The van der Waals surface area contributed by atoms with Crippen molar-refractivity contribution in [1.82, 2.24) is 15.6 Å². The maximum atomic E-state index is 14.5. The van der Waals surface area contributed by atoms with Gasteiger partial charge < -0.3 is 20.7 Å². The third-order valence-electron chi connectivity index (χ3n) is 4.77. The number of amides is 1. The van der Waals surface area contributed by atoms with Gasteiger partial charge in [0.25, 0.3) is 11.5 Å². The van der Waals surface area contributed by atoms with E-state index in [2.05, 4.69) is 15.6 Å². The number of fused-ring (bicyclic) bond motifs is 1. The van der Waals surface area contributed by atoms with Gasteiger partial charge >= 0.3 is 5.97 Å². The number of carbonyl (C=O) groups is 2. The highest BCUT2D eigenvalue weighted by Gasteiger charge is 2.26. The van der Waals surface area contributed by atoms with Crippen molar-refractivity contribution >= 4 is 23.6 Å². The number of hydrogen-bond donors (Lipinski definition) is 4. The molecule has 4 N–H and O–H groups in total. The molecule has 0 fully saturated rings. The van der Waals surface area contributed by atoms with Gasteiger partial charge in [-0.2, -0.15) is 0 Å². The zero-order chi connectivity index (χ0) is 21.2. The van der Waals surface area contributed by atoms with E-state index in [-0.39, 0.29) is 24.1 Å². The molecule has 1 aliphatic rings.